The molecule has 0 spiro atoms. The number of ether oxygens (including phenoxy) is 5. The van der Waals surface area contributed by atoms with Gasteiger partial charge in [-0.25, -0.2) is 0 Å². The van der Waals surface area contributed by atoms with Crippen LogP contribution >= 0.6 is 0 Å². The average molecular weight is 389 g/mol. The second-order valence-electron chi connectivity index (χ2n) is 6.51. The van der Waals surface area contributed by atoms with Crippen LogP contribution in [0.5, 0.6) is 0 Å². The van der Waals surface area contributed by atoms with E-state index in [2.05, 4.69) is 5.32 Å². The normalized spacial score (nSPS) is 27.8. The number of hydrogen-bond donors (Lipinski definition) is 1. The zero-order valence-electron chi connectivity index (χ0n) is 16.5. The fraction of sp³-hybridized carbons (Fsp3) is 0.833. The van der Waals surface area contributed by atoms with Crippen molar-refractivity contribution in [2.75, 3.05) is 39.6 Å². The number of aldehydes is 1. The minimum absolute atomic E-state index is 0.0496. The van der Waals surface area contributed by atoms with Crippen molar-refractivity contribution in [2.45, 2.75) is 46.1 Å². The van der Waals surface area contributed by atoms with Gasteiger partial charge in [-0.15, -0.1) is 0 Å². The van der Waals surface area contributed by atoms with Gasteiger partial charge in [-0.2, -0.15) is 0 Å². The fourth-order valence-corrected chi connectivity index (χ4v) is 2.84. The van der Waals surface area contributed by atoms with Gasteiger partial charge in [0, 0.05) is 13.8 Å². The summed E-state index contributed by atoms with van der Waals surface area (Å²) in [6, 6.07) is -0.318. The van der Waals surface area contributed by atoms with Crippen LogP contribution in [0.4, 0.5) is 0 Å². The van der Waals surface area contributed by atoms with Gasteiger partial charge in [0.05, 0.1) is 38.6 Å². The van der Waals surface area contributed by atoms with E-state index in [9.17, 15) is 14.4 Å². The average Bonchev–Trinajstić information content (AvgIpc) is 2.61. The molecule has 1 N–H and O–H groups in total. The Balaban J connectivity index is 2.52. The summed E-state index contributed by atoms with van der Waals surface area (Å²) in [5, 5.41) is 2.88. The van der Waals surface area contributed by atoms with Crippen LogP contribution in [0.3, 0.4) is 0 Å². The van der Waals surface area contributed by atoms with Crippen LogP contribution in [0.25, 0.3) is 0 Å². The van der Waals surface area contributed by atoms with Crippen LogP contribution in [0.1, 0.15) is 27.7 Å². The molecule has 1 heterocycles. The molecule has 1 fully saturated rings. The van der Waals surface area contributed by atoms with Gasteiger partial charge in [-0.1, -0.05) is 13.8 Å². The first-order valence-corrected chi connectivity index (χ1v) is 9.13. The van der Waals surface area contributed by atoms with Crippen LogP contribution in [0, 0.1) is 11.8 Å². The Bertz CT molecular complexity index is 470. The molecule has 9 heteroatoms. The smallest absolute Gasteiger partial charge is 0.302 e. The highest BCUT2D eigenvalue weighted by Crippen LogP contribution is 2.31. The number of rotatable bonds is 12. The summed E-state index contributed by atoms with van der Waals surface area (Å²) in [6.07, 6.45) is -0.313. The molecule has 5 unspecified atom stereocenters. The maximum atomic E-state index is 11.6. The summed E-state index contributed by atoms with van der Waals surface area (Å²) in [5.74, 6) is -0.415. The van der Waals surface area contributed by atoms with Crippen molar-refractivity contribution in [1.29, 1.82) is 0 Å². The van der Waals surface area contributed by atoms with Gasteiger partial charge < -0.3 is 33.8 Å². The van der Waals surface area contributed by atoms with Gasteiger partial charge in [0.15, 0.2) is 6.29 Å². The monoisotopic (exact) mass is 389 g/mol. The Hall–Kier alpha value is -1.55. The van der Waals surface area contributed by atoms with E-state index in [1.807, 2.05) is 13.8 Å². The molecule has 0 bridgehead atoms. The number of carbonyl (C=O) groups excluding carboxylic acids is 3. The number of nitrogens with one attached hydrogen (secondary N) is 1. The predicted octanol–water partition coefficient (Wildman–Crippen LogP) is 0.300. The van der Waals surface area contributed by atoms with Crippen LogP contribution < -0.4 is 5.32 Å². The molecular weight excluding hydrogens is 358 g/mol. The lowest BCUT2D eigenvalue weighted by molar-refractivity contribution is -0.247. The highest BCUT2D eigenvalue weighted by molar-refractivity contribution is 5.73. The van der Waals surface area contributed by atoms with Gasteiger partial charge >= 0.3 is 5.97 Å². The maximum Gasteiger partial charge on any atom is 0.302 e. The van der Waals surface area contributed by atoms with Gasteiger partial charge in [-0.05, 0) is 11.8 Å². The number of carbonyl (C=O) groups is 3. The molecule has 0 aromatic rings. The summed E-state index contributed by atoms with van der Waals surface area (Å²) in [7, 11) is 0. The summed E-state index contributed by atoms with van der Waals surface area (Å²) >= 11 is 0. The molecule has 1 rings (SSSR count). The first kappa shape index (κ1) is 23.5. The predicted molar refractivity (Wildman–Crippen MR) is 94.9 cm³/mol. The Kier molecular flexibility index (Phi) is 11.1. The Morgan fingerprint density at radius 2 is 1.70 bits per heavy atom. The summed E-state index contributed by atoms with van der Waals surface area (Å²) < 4.78 is 27.2. The van der Waals surface area contributed by atoms with E-state index >= 15 is 0 Å². The second-order valence-corrected chi connectivity index (χ2v) is 6.51. The fourth-order valence-electron chi connectivity index (χ4n) is 2.84. The zero-order valence-corrected chi connectivity index (χ0v) is 16.5. The molecule has 0 aromatic carbocycles. The first-order valence-electron chi connectivity index (χ1n) is 9.13. The Morgan fingerprint density at radius 1 is 1.04 bits per heavy atom. The van der Waals surface area contributed by atoms with E-state index < -0.39 is 6.29 Å². The molecule has 27 heavy (non-hydrogen) atoms. The lowest BCUT2D eigenvalue weighted by atomic mass is 9.82. The van der Waals surface area contributed by atoms with E-state index in [0.717, 1.165) is 0 Å². The van der Waals surface area contributed by atoms with Crippen molar-refractivity contribution in [1.82, 2.24) is 5.32 Å². The Labute approximate surface area is 160 Å². The number of esters is 1. The van der Waals surface area contributed by atoms with E-state index in [1.165, 1.54) is 13.8 Å². The summed E-state index contributed by atoms with van der Waals surface area (Å²) in [6.45, 7) is 8.23. The third kappa shape index (κ3) is 8.79. The molecule has 1 aliphatic heterocycles. The van der Waals surface area contributed by atoms with Gasteiger partial charge in [0.1, 0.15) is 19.5 Å². The van der Waals surface area contributed by atoms with E-state index in [-0.39, 0.29) is 55.7 Å². The minimum atomic E-state index is -0.671. The topological polar surface area (TPSA) is 109 Å². The van der Waals surface area contributed by atoms with E-state index in [1.54, 1.807) is 0 Å². The largest absolute Gasteiger partial charge is 0.463 e. The molecule has 156 valence electrons. The number of hydrogen-bond acceptors (Lipinski definition) is 8. The van der Waals surface area contributed by atoms with Crippen molar-refractivity contribution in [2.24, 2.45) is 11.8 Å². The minimum Gasteiger partial charge on any atom is -0.463 e. The van der Waals surface area contributed by atoms with Crippen LogP contribution in [-0.4, -0.2) is 76.2 Å². The molecule has 0 aromatic heterocycles. The lowest BCUT2D eigenvalue weighted by Crippen LogP contribution is -2.58. The summed E-state index contributed by atoms with van der Waals surface area (Å²) in [5.41, 5.74) is 0. The van der Waals surface area contributed by atoms with Crippen molar-refractivity contribution >= 4 is 18.2 Å². The maximum absolute atomic E-state index is 11.6. The third-order valence-corrected chi connectivity index (χ3v) is 4.47. The van der Waals surface area contributed by atoms with Crippen molar-refractivity contribution in [3.8, 4) is 0 Å². The molecule has 9 nitrogen and oxygen atoms in total. The van der Waals surface area contributed by atoms with Gasteiger partial charge in [0.2, 0.25) is 5.91 Å². The molecule has 0 saturated carbocycles. The van der Waals surface area contributed by atoms with Crippen LogP contribution in [0.2, 0.25) is 0 Å². The molecule has 1 saturated heterocycles. The SMILES string of the molecule is CC(=O)NC1C(OCCOCCOCC=O)OC(COC(C)=O)C(C)C1C. The second kappa shape index (κ2) is 12.8. The van der Waals surface area contributed by atoms with Crippen LogP contribution in [0.15, 0.2) is 0 Å². The molecular formula is C18H31NO8. The molecule has 0 radical (unpaired) electrons. The molecule has 1 aliphatic rings. The van der Waals surface area contributed by atoms with E-state index in [4.69, 9.17) is 23.7 Å². The van der Waals surface area contributed by atoms with Crippen molar-refractivity contribution in [3.63, 3.8) is 0 Å². The zero-order chi connectivity index (χ0) is 20.2. The van der Waals surface area contributed by atoms with Crippen LogP contribution in [-0.2, 0) is 38.1 Å². The standard InChI is InChI=1S/C18H31NO8/c1-12-13(2)17(19-14(3)21)18(27-16(12)11-26-15(4)22)25-10-9-24-8-7-23-6-5-20/h5,12-13,16-18H,6-11H2,1-4H3,(H,19,21). The van der Waals surface area contributed by atoms with Gasteiger partial charge in [0.25, 0.3) is 0 Å². The number of amides is 1. The quantitative estimate of drug-likeness (QED) is 0.288. The van der Waals surface area contributed by atoms with Gasteiger partial charge in [-0.3, -0.25) is 9.59 Å². The highest BCUT2D eigenvalue weighted by atomic mass is 16.7. The van der Waals surface area contributed by atoms with Crippen molar-refractivity contribution in [3.05, 3.63) is 0 Å². The lowest BCUT2D eigenvalue weighted by Gasteiger charge is -2.44. The molecule has 1 amide bonds. The highest BCUT2D eigenvalue weighted by Gasteiger charge is 2.42. The van der Waals surface area contributed by atoms with E-state index in [0.29, 0.717) is 26.1 Å². The molecule has 5 atom stereocenters. The first-order chi connectivity index (χ1) is 12.9. The Morgan fingerprint density at radius 3 is 2.33 bits per heavy atom. The van der Waals surface area contributed by atoms with Crippen molar-refractivity contribution < 1.29 is 38.1 Å². The molecule has 0 aliphatic carbocycles. The third-order valence-electron chi connectivity index (χ3n) is 4.47. The summed E-state index contributed by atoms with van der Waals surface area (Å²) in [4.78, 5) is 32.8.